The summed E-state index contributed by atoms with van der Waals surface area (Å²) in [5.41, 5.74) is 1.81. The number of carbonyl (C=O) groups is 1. The lowest BCUT2D eigenvalue weighted by molar-refractivity contribution is -0.153. The largest absolute Gasteiger partial charge is 0.460 e. The zero-order valence-electron chi connectivity index (χ0n) is 14.8. The van der Waals surface area contributed by atoms with E-state index in [2.05, 4.69) is 25.0 Å². The number of benzene rings is 1. The number of hydrogen-bond acceptors (Lipinski definition) is 5. The number of aromatic nitrogens is 3. The Balaban J connectivity index is 1.33. The van der Waals surface area contributed by atoms with Crippen LogP contribution in [-0.4, -0.2) is 33.6 Å². The van der Waals surface area contributed by atoms with Crippen LogP contribution in [0.2, 0.25) is 0 Å². The Labute approximate surface area is 162 Å². The van der Waals surface area contributed by atoms with Crippen molar-refractivity contribution in [3.8, 4) is 5.19 Å². The minimum atomic E-state index is -4.41. The fourth-order valence-electron chi connectivity index (χ4n) is 3.01. The predicted molar refractivity (Wildman–Crippen MR) is 97.2 cm³/mol. The molecule has 3 aromatic rings. The quantitative estimate of drug-likeness (QED) is 0.645. The van der Waals surface area contributed by atoms with Gasteiger partial charge < -0.3 is 15.0 Å². The van der Waals surface area contributed by atoms with Gasteiger partial charge in [-0.15, -0.1) is 0 Å². The molecule has 4 rings (SSSR count). The van der Waals surface area contributed by atoms with Crippen LogP contribution in [0.15, 0.2) is 30.5 Å². The maximum absolute atomic E-state index is 12.5. The summed E-state index contributed by atoms with van der Waals surface area (Å²) in [7, 11) is 0. The Morgan fingerprint density at radius 1 is 1.43 bits per heavy atom. The Bertz CT molecular complexity index is 967. The molecule has 3 atom stereocenters. The van der Waals surface area contributed by atoms with Crippen LogP contribution in [0.5, 0.6) is 5.19 Å². The molecule has 1 aliphatic rings. The average molecular weight is 410 g/mol. The number of nitrogens with zero attached hydrogens (tertiary/aromatic N) is 2. The van der Waals surface area contributed by atoms with Gasteiger partial charge >= 0.3 is 6.18 Å². The Hall–Kier alpha value is -2.62. The molecule has 0 aliphatic heterocycles. The summed E-state index contributed by atoms with van der Waals surface area (Å²) in [5, 5.41) is 2.82. The molecule has 148 valence electrons. The summed E-state index contributed by atoms with van der Waals surface area (Å²) >= 11 is 0.989. The lowest BCUT2D eigenvalue weighted by Crippen LogP contribution is -2.28. The van der Waals surface area contributed by atoms with Gasteiger partial charge in [0.15, 0.2) is 6.61 Å². The van der Waals surface area contributed by atoms with Gasteiger partial charge in [-0.2, -0.15) is 13.2 Å². The minimum Gasteiger partial charge on any atom is -0.460 e. The molecule has 1 fully saturated rings. The van der Waals surface area contributed by atoms with Crippen LogP contribution in [0.25, 0.3) is 11.0 Å². The number of rotatable bonds is 6. The van der Waals surface area contributed by atoms with Crippen molar-refractivity contribution in [2.45, 2.75) is 31.5 Å². The summed E-state index contributed by atoms with van der Waals surface area (Å²) in [6.07, 6.45) is -2.28. The Morgan fingerprint density at radius 3 is 2.96 bits per heavy atom. The summed E-state index contributed by atoms with van der Waals surface area (Å²) in [6.45, 7) is 0.374. The summed E-state index contributed by atoms with van der Waals surface area (Å²) < 4.78 is 41.2. The monoisotopic (exact) mass is 410 g/mol. The van der Waals surface area contributed by atoms with E-state index in [0.29, 0.717) is 11.3 Å². The van der Waals surface area contributed by atoms with Crippen LogP contribution in [0.4, 0.5) is 13.2 Å². The first-order valence-electron chi connectivity index (χ1n) is 8.70. The average Bonchev–Trinajstić information content (AvgIpc) is 3.11. The van der Waals surface area contributed by atoms with Crippen LogP contribution in [0.1, 0.15) is 36.0 Å². The van der Waals surface area contributed by atoms with Gasteiger partial charge in [-0.3, -0.25) is 4.79 Å². The lowest BCUT2D eigenvalue weighted by Gasteiger charge is -2.11. The van der Waals surface area contributed by atoms with Crippen molar-refractivity contribution in [1.82, 2.24) is 20.3 Å². The molecule has 6 nitrogen and oxygen atoms in total. The first-order valence-corrected chi connectivity index (χ1v) is 9.52. The molecule has 1 aromatic carbocycles. The van der Waals surface area contributed by atoms with E-state index in [1.165, 1.54) is 6.20 Å². The highest BCUT2D eigenvalue weighted by atomic mass is 32.1. The lowest BCUT2D eigenvalue weighted by atomic mass is 10.2. The number of aromatic amines is 1. The number of halogens is 3. The molecule has 10 heteroatoms. The van der Waals surface area contributed by atoms with E-state index >= 15 is 0 Å². The molecule has 1 amide bonds. The van der Waals surface area contributed by atoms with Crippen LogP contribution in [0.3, 0.4) is 0 Å². The predicted octanol–water partition coefficient (Wildman–Crippen LogP) is 3.94. The van der Waals surface area contributed by atoms with Crippen LogP contribution in [-0.2, 0) is 4.79 Å². The van der Waals surface area contributed by atoms with Gasteiger partial charge in [0.25, 0.3) is 5.19 Å². The Morgan fingerprint density at radius 2 is 2.21 bits per heavy atom. The van der Waals surface area contributed by atoms with Gasteiger partial charge in [-0.05, 0) is 25.5 Å². The third kappa shape index (κ3) is 4.11. The fourth-order valence-corrected chi connectivity index (χ4v) is 3.77. The van der Waals surface area contributed by atoms with Crippen molar-refractivity contribution in [3.63, 3.8) is 0 Å². The first-order chi connectivity index (χ1) is 13.3. The topological polar surface area (TPSA) is 79.9 Å². The minimum absolute atomic E-state index is 0.0479. The molecule has 0 radical (unpaired) electrons. The third-order valence-electron chi connectivity index (χ3n) is 4.53. The van der Waals surface area contributed by atoms with Crippen molar-refractivity contribution in [1.29, 1.82) is 0 Å². The van der Waals surface area contributed by atoms with Gasteiger partial charge in [0, 0.05) is 18.0 Å². The number of H-pyrrole nitrogens is 1. The number of hydrogen-bond donors (Lipinski definition) is 2. The van der Waals surface area contributed by atoms with Crippen molar-refractivity contribution < 1.29 is 22.7 Å². The standard InChI is InChI=1S/C18H17F3N4O2S/c1-9(14-7-22-17(28-14)27-8-18(19,20)21)23-16(26)11-6-10(11)15-24-12-4-2-3-5-13(12)25-15/h2-5,7,9-11H,6,8H2,1H3,(H,23,26)(H,24,25)/t9-,10+,11+/m0/s1. The fraction of sp³-hybridized carbons (Fsp3) is 0.389. The normalized spacial score (nSPS) is 20.1. The van der Waals surface area contributed by atoms with Crippen molar-refractivity contribution in [3.05, 3.63) is 41.2 Å². The smallest absolute Gasteiger partial charge is 0.422 e. The summed E-state index contributed by atoms with van der Waals surface area (Å²) in [5.74, 6) is 0.572. The highest BCUT2D eigenvalue weighted by molar-refractivity contribution is 7.13. The van der Waals surface area contributed by atoms with E-state index in [9.17, 15) is 18.0 Å². The molecule has 0 saturated heterocycles. The molecule has 0 spiro atoms. The maximum atomic E-state index is 12.5. The molecule has 1 saturated carbocycles. The van der Waals surface area contributed by atoms with E-state index < -0.39 is 12.8 Å². The molecule has 28 heavy (non-hydrogen) atoms. The third-order valence-corrected chi connectivity index (χ3v) is 5.63. The van der Waals surface area contributed by atoms with Gasteiger partial charge in [0.1, 0.15) is 5.82 Å². The molecular formula is C18H17F3N4O2S. The number of thiazole rings is 1. The highest BCUT2D eigenvalue weighted by Crippen LogP contribution is 2.47. The zero-order valence-corrected chi connectivity index (χ0v) is 15.6. The molecular weight excluding hydrogens is 393 g/mol. The van der Waals surface area contributed by atoms with Crippen LogP contribution >= 0.6 is 11.3 Å². The first kappa shape index (κ1) is 18.7. The van der Waals surface area contributed by atoms with E-state index in [1.54, 1.807) is 6.92 Å². The number of amides is 1. The molecule has 0 bridgehead atoms. The van der Waals surface area contributed by atoms with Gasteiger partial charge in [0.2, 0.25) is 5.91 Å². The zero-order chi connectivity index (χ0) is 19.9. The van der Waals surface area contributed by atoms with Gasteiger partial charge in [0.05, 0.1) is 22.0 Å². The SMILES string of the molecule is C[C@H](NC(=O)[C@@H]1C[C@H]1c1nc2ccccc2[nH]1)c1cnc(OCC(F)(F)F)s1. The molecule has 2 N–H and O–H groups in total. The number of alkyl halides is 3. The van der Waals surface area contributed by atoms with E-state index in [1.807, 2.05) is 24.3 Å². The number of para-hydroxylation sites is 2. The second-order valence-electron chi connectivity index (χ2n) is 6.75. The molecule has 2 aromatic heterocycles. The van der Waals surface area contributed by atoms with E-state index in [-0.39, 0.29) is 29.0 Å². The van der Waals surface area contributed by atoms with Crippen molar-refractivity contribution in [2.75, 3.05) is 6.61 Å². The van der Waals surface area contributed by atoms with Crippen molar-refractivity contribution >= 4 is 28.3 Å². The second kappa shape index (κ2) is 7.08. The number of fused-ring (bicyclic) bond motifs is 1. The Kier molecular flexibility index (Phi) is 4.74. The van der Waals surface area contributed by atoms with Gasteiger partial charge in [-0.25, -0.2) is 9.97 Å². The van der Waals surface area contributed by atoms with E-state index in [0.717, 1.165) is 28.2 Å². The highest BCUT2D eigenvalue weighted by Gasteiger charge is 2.46. The summed E-state index contributed by atoms with van der Waals surface area (Å²) in [6, 6.07) is 7.31. The van der Waals surface area contributed by atoms with E-state index in [4.69, 9.17) is 0 Å². The number of nitrogens with one attached hydrogen (secondary N) is 2. The van der Waals surface area contributed by atoms with Crippen LogP contribution in [0, 0.1) is 5.92 Å². The van der Waals surface area contributed by atoms with Crippen LogP contribution < -0.4 is 10.1 Å². The summed E-state index contributed by atoms with van der Waals surface area (Å²) in [4.78, 5) is 24.7. The maximum Gasteiger partial charge on any atom is 0.422 e. The van der Waals surface area contributed by atoms with Crippen molar-refractivity contribution in [2.24, 2.45) is 5.92 Å². The molecule has 2 heterocycles. The van der Waals surface area contributed by atoms with Gasteiger partial charge in [-0.1, -0.05) is 23.5 Å². The molecule has 0 unspecified atom stereocenters. The number of carbonyl (C=O) groups excluding carboxylic acids is 1. The molecule has 1 aliphatic carbocycles. The number of imidazole rings is 1. The number of ether oxygens (including phenoxy) is 1. The second-order valence-corrected chi connectivity index (χ2v) is 7.78.